The number of hydrogen-bond acceptors (Lipinski definition) is 4. The number of rotatable bonds is 5. The van der Waals surface area contributed by atoms with Gasteiger partial charge in [-0.3, -0.25) is 24.1 Å². The SMILES string of the molecule is CC12CCC(=O)N1c1ccccc1C(=O)N2CCCC(=O)NC1CCCCNC1=O. The Labute approximate surface area is 176 Å². The minimum Gasteiger partial charge on any atom is -0.354 e. The minimum absolute atomic E-state index is 0.0135. The average molecular weight is 412 g/mol. The van der Waals surface area contributed by atoms with Crippen molar-refractivity contribution in [2.45, 2.75) is 63.6 Å². The summed E-state index contributed by atoms with van der Waals surface area (Å²) < 4.78 is 0. The van der Waals surface area contributed by atoms with Gasteiger partial charge >= 0.3 is 0 Å². The van der Waals surface area contributed by atoms with Crippen LogP contribution in [-0.4, -0.2) is 53.3 Å². The first-order valence-corrected chi connectivity index (χ1v) is 10.7. The highest BCUT2D eigenvalue weighted by Crippen LogP contribution is 2.43. The van der Waals surface area contributed by atoms with E-state index in [4.69, 9.17) is 0 Å². The van der Waals surface area contributed by atoms with Crippen LogP contribution in [0.25, 0.3) is 0 Å². The molecular weight excluding hydrogens is 384 g/mol. The monoisotopic (exact) mass is 412 g/mol. The number of anilines is 1. The molecular formula is C22H28N4O4. The van der Waals surface area contributed by atoms with Gasteiger partial charge in [0.1, 0.15) is 11.7 Å². The zero-order valence-corrected chi connectivity index (χ0v) is 17.3. The summed E-state index contributed by atoms with van der Waals surface area (Å²) in [6.07, 6.45) is 4.11. The largest absolute Gasteiger partial charge is 0.354 e. The van der Waals surface area contributed by atoms with Crippen molar-refractivity contribution in [2.24, 2.45) is 0 Å². The number of carbonyl (C=O) groups is 4. The molecule has 2 saturated heterocycles. The van der Waals surface area contributed by atoms with Crippen molar-refractivity contribution in [3.63, 3.8) is 0 Å². The van der Waals surface area contributed by atoms with Gasteiger partial charge in [0, 0.05) is 25.9 Å². The molecule has 4 rings (SSSR count). The van der Waals surface area contributed by atoms with Crippen molar-refractivity contribution in [1.29, 1.82) is 0 Å². The molecule has 2 fully saturated rings. The number of nitrogens with zero attached hydrogens (tertiary/aromatic N) is 2. The van der Waals surface area contributed by atoms with Crippen LogP contribution in [0.3, 0.4) is 0 Å². The van der Waals surface area contributed by atoms with Crippen LogP contribution in [0.1, 0.15) is 62.2 Å². The number of hydrogen-bond donors (Lipinski definition) is 2. The van der Waals surface area contributed by atoms with Crippen molar-refractivity contribution in [3.05, 3.63) is 29.8 Å². The van der Waals surface area contributed by atoms with Crippen LogP contribution in [0.5, 0.6) is 0 Å². The number of fused-ring (bicyclic) bond motifs is 3. The minimum atomic E-state index is -0.708. The zero-order valence-electron chi connectivity index (χ0n) is 17.3. The molecule has 0 aliphatic carbocycles. The fourth-order valence-corrected chi connectivity index (χ4v) is 4.78. The highest BCUT2D eigenvalue weighted by Gasteiger charge is 2.52. The van der Waals surface area contributed by atoms with E-state index in [2.05, 4.69) is 10.6 Å². The maximum Gasteiger partial charge on any atom is 0.257 e. The van der Waals surface area contributed by atoms with E-state index in [1.807, 2.05) is 19.1 Å². The van der Waals surface area contributed by atoms with Gasteiger partial charge in [-0.1, -0.05) is 12.1 Å². The standard InChI is InChI=1S/C22H28N4O4/c1-22-12-11-19(28)26(22)17-9-3-2-7-15(17)21(30)25(22)14-6-10-18(27)24-16-8-4-5-13-23-20(16)29/h2-3,7,9,16H,4-6,8,10-14H2,1H3,(H,23,29)(H,24,27). The van der Waals surface area contributed by atoms with Crippen LogP contribution >= 0.6 is 0 Å². The molecule has 0 radical (unpaired) electrons. The van der Waals surface area contributed by atoms with Crippen molar-refractivity contribution in [3.8, 4) is 0 Å². The Bertz CT molecular complexity index is 886. The molecule has 8 nitrogen and oxygen atoms in total. The van der Waals surface area contributed by atoms with E-state index in [0.29, 0.717) is 50.0 Å². The fraction of sp³-hybridized carbons (Fsp3) is 0.545. The first-order chi connectivity index (χ1) is 14.4. The van der Waals surface area contributed by atoms with Crippen molar-refractivity contribution >= 4 is 29.3 Å². The van der Waals surface area contributed by atoms with Crippen LogP contribution in [0.2, 0.25) is 0 Å². The van der Waals surface area contributed by atoms with Crippen LogP contribution in [0, 0.1) is 0 Å². The van der Waals surface area contributed by atoms with E-state index in [-0.39, 0.29) is 30.0 Å². The van der Waals surface area contributed by atoms with Gasteiger partial charge in [0.25, 0.3) is 5.91 Å². The molecule has 4 amide bonds. The lowest BCUT2D eigenvalue weighted by Gasteiger charge is -2.48. The Balaban J connectivity index is 1.42. The van der Waals surface area contributed by atoms with E-state index in [1.165, 1.54) is 0 Å². The molecule has 2 atom stereocenters. The van der Waals surface area contributed by atoms with Gasteiger partial charge in [0.2, 0.25) is 17.7 Å². The van der Waals surface area contributed by atoms with Crippen LogP contribution in [-0.2, 0) is 14.4 Å². The molecule has 2 unspecified atom stereocenters. The number of amides is 4. The second-order valence-electron chi connectivity index (χ2n) is 8.43. The number of nitrogens with one attached hydrogen (secondary N) is 2. The van der Waals surface area contributed by atoms with Gasteiger partial charge in [0.05, 0.1) is 11.3 Å². The molecule has 3 aliphatic rings. The molecule has 8 heteroatoms. The Kier molecular flexibility index (Phi) is 5.49. The third kappa shape index (κ3) is 3.55. The maximum absolute atomic E-state index is 13.2. The maximum atomic E-state index is 13.2. The fourth-order valence-electron chi connectivity index (χ4n) is 4.78. The van der Waals surface area contributed by atoms with Gasteiger partial charge in [-0.05, 0) is 51.2 Å². The second kappa shape index (κ2) is 8.08. The summed E-state index contributed by atoms with van der Waals surface area (Å²) in [6, 6.07) is 6.71. The highest BCUT2D eigenvalue weighted by atomic mass is 16.2. The molecule has 0 saturated carbocycles. The Hall–Kier alpha value is -2.90. The Morgan fingerprint density at radius 3 is 2.87 bits per heavy atom. The van der Waals surface area contributed by atoms with Gasteiger partial charge in [-0.15, -0.1) is 0 Å². The smallest absolute Gasteiger partial charge is 0.257 e. The summed E-state index contributed by atoms with van der Waals surface area (Å²) in [5.41, 5.74) is 0.478. The predicted molar refractivity (Wildman–Crippen MR) is 111 cm³/mol. The van der Waals surface area contributed by atoms with E-state index in [0.717, 1.165) is 12.8 Å². The van der Waals surface area contributed by atoms with E-state index in [1.54, 1.807) is 21.9 Å². The topological polar surface area (TPSA) is 98.8 Å². The molecule has 2 N–H and O–H groups in total. The molecule has 1 aromatic carbocycles. The summed E-state index contributed by atoms with van der Waals surface area (Å²) in [7, 11) is 0. The zero-order chi connectivity index (χ0) is 21.3. The summed E-state index contributed by atoms with van der Waals surface area (Å²) >= 11 is 0. The summed E-state index contributed by atoms with van der Waals surface area (Å²) in [5.74, 6) is -0.412. The van der Waals surface area contributed by atoms with E-state index < -0.39 is 11.7 Å². The molecule has 0 bridgehead atoms. The third-order valence-corrected chi connectivity index (χ3v) is 6.40. The van der Waals surface area contributed by atoms with Crippen molar-refractivity contribution in [1.82, 2.24) is 15.5 Å². The summed E-state index contributed by atoms with van der Waals surface area (Å²) in [5, 5.41) is 5.63. The summed E-state index contributed by atoms with van der Waals surface area (Å²) in [4.78, 5) is 53.6. The molecule has 160 valence electrons. The average Bonchev–Trinajstić information content (AvgIpc) is 2.89. The first-order valence-electron chi connectivity index (χ1n) is 10.7. The third-order valence-electron chi connectivity index (χ3n) is 6.40. The normalized spacial score (nSPS) is 26.0. The molecule has 30 heavy (non-hydrogen) atoms. The molecule has 3 aliphatic heterocycles. The quantitative estimate of drug-likeness (QED) is 0.767. The van der Waals surface area contributed by atoms with Gasteiger partial charge in [-0.2, -0.15) is 0 Å². The lowest BCUT2D eigenvalue weighted by molar-refractivity contribution is -0.128. The molecule has 3 heterocycles. The van der Waals surface area contributed by atoms with Crippen LogP contribution in [0.15, 0.2) is 24.3 Å². The lowest BCUT2D eigenvalue weighted by Crippen LogP contribution is -2.62. The molecule has 0 aromatic heterocycles. The summed E-state index contributed by atoms with van der Waals surface area (Å²) in [6.45, 7) is 2.94. The van der Waals surface area contributed by atoms with Crippen LogP contribution < -0.4 is 15.5 Å². The van der Waals surface area contributed by atoms with Crippen molar-refractivity contribution in [2.75, 3.05) is 18.0 Å². The van der Waals surface area contributed by atoms with Crippen LogP contribution in [0.4, 0.5) is 5.69 Å². The first kappa shape index (κ1) is 20.4. The molecule has 0 spiro atoms. The Morgan fingerprint density at radius 1 is 1.23 bits per heavy atom. The predicted octanol–water partition coefficient (Wildman–Crippen LogP) is 1.55. The van der Waals surface area contributed by atoms with Crippen molar-refractivity contribution < 1.29 is 19.2 Å². The number of para-hydroxylation sites is 1. The lowest BCUT2D eigenvalue weighted by atomic mass is 9.98. The number of benzene rings is 1. The Morgan fingerprint density at radius 2 is 2.03 bits per heavy atom. The molecule has 1 aromatic rings. The second-order valence-corrected chi connectivity index (χ2v) is 8.43. The van der Waals surface area contributed by atoms with E-state index >= 15 is 0 Å². The van der Waals surface area contributed by atoms with Gasteiger partial charge in [0.15, 0.2) is 0 Å². The van der Waals surface area contributed by atoms with Gasteiger partial charge in [-0.25, -0.2) is 0 Å². The van der Waals surface area contributed by atoms with E-state index in [9.17, 15) is 19.2 Å². The number of carbonyl (C=O) groups excluding carboxylic acids is 4. The van der Waals surface area contributed by atoms with Gasteiger partial charge < -0.3 is 15.5 Å². The highest BCUT2D eigenvalue weighted by molar-refractivity contribution is 6.10.